The number of aromatic amines is 1. The highest BCUT2D eigenvalue weighted by Gasteiger charge is 2.01. The van der Waals surface area contributed by atoms with E-state index in [1.54, 1.807) is 0 Å². The van der Waals surface area contributed by atoms with E-state index >= 15 is 0 Å². The number of benzene rings is 2. The fourth-order valence-corrected chi connectivity index (χ4v) is 2.11. The lowest BCUT2D eigenvalue weighted by Gasteiger charge is -2.00. The third kappa shape index (κ3) is 2.52. The summed E-state index contributed by atoms with van der Waals surface area (Å²) in [5, 5.41) is 0.940. The highest BCUT2D eigenvalue weighted by Crippen LogP contribution is 2.15. The smallest absolute Gasteiger partial charge is 0.305 e. The molecular formula is C17H14N2O. The minimum Gasteiger partial charge on any atom is -0.305 e. The zero-order valence-corrected chi connectivity index (χ0v) is 11.1. The normalized spacial score (nSPS) is 11.2. The molecule has 0 bridgehead atoms. The van der Waals surface area contributed by atoms with Gasteiger partial charge in [-0.3, -0.25) is 0 Å². The average Bonchev–Trinajstić information content (AvgIpc) is 2.46. The van der Waals surface area contributed by atoms with Crippen molar-refractivity contribution in [1.29, 1.82) is 0 Å². The molecule has 0 saturated heterocycles. The standard InChI is InChI=1S/C17H14N2O/c1-12-6-8-13(9-7-12)10-11-16-14-4-2-3-5-15(14)18-17(20)19-16/h2-11H,1H3,(H,18,19,20)/b11-10+. The fourth-order valence-electron chi connectivity index (χ4n) is 2.11. The second-order valence-corrected chi connectivity index (χ2v) is 4.72. The number of aromatic nitrogens is 2. The first kappa shape index (κ1) is 12.4. The quantitative estimate of drug-likeness (QED) is 0.769. The number of nitrogens with zero attached hydrogens (tertiary/aromatic N) is 1. The molecule has 20 heavy (non-hydrogen) atoms. The van der Waals surface area contributed by atoms with E-state index in [1.165, 1.54) is 5.56 Å². The molecule has 0 unspecified atom stereocenters. The zero-order valence-electron chi connectivity index (χ0n) is 11.1. The van der Waals surface area contributed by atoms with Crippen LogP contribution in [0.3, 0.4) is 0 Å². The first-order chi connectivity index (χ1) is 9.72. The molecular weight excluding hydrogens is 248 g/mol. The highest BCUT2D eigenvalue weighted by atomic mass is 16.1. The van der Waals surface area contributed by atoms with Crippen LogP contribution in [0.15, 0.2) is 53.3 Å². The Kier molecular flexibility index (Phi) is 3.17. The molecule has 3 nitrogen and oxygen atoms in total. The first-order valence-electron chi connectivity index (χ1n) is 6.46. The van der Waals surface area contributed by atoms with Crippen LogP contribution in [0.2, 0.25) is 0 Å². The van der Waals surface area contributed by atoms with E-state index in [0.29, 0.717) is 5.69 Å². The van der Waals surface area contributed by atoms with Gasteiger partial charge in [0.25, 0.3) is 0 Å². The molecule has 2 aromatic carbocycles. The molecule has 0 aliphatic rings. The van der Waals surface area contributed by atoms with Crippen LogP contribution in [0.4, 0.5) is 0 Å². The van der Waals surface area contributed by atoms with Gasteiger partial charge in [0.15, 0.2) is 0 Å². The molecule has 1 aromatic heterocycles. The van der Waals surface area contributed by atoms with Gasteiger partial charge >= 0.3 is 5.69 Å². The van der Waals surface area contributed by atoms with Gasteiger partial charge < -0.3 is 4.98 Å². The summed E-state index contributed by atoms with van der Waals surface area (Å²) in [7, 11) is 0. The van der Waals surface area contributed by atoms with Crippen molar-refractivity contribution in [2.45, 2.75) is 6.92 Å². The van der Waals surface area contributed by atoms with Crippen molar-refractivity contribution in [3.63, 3.8) is 0 Å². The van der Waals surface area contributed by atoms with Crippen LogP contribution in [0.1, 0.15) is 16.8 Å². The van der Waals surface area contributed by atoms with E-state index in [-0.39, 0.29) is 5.69 Å². The summed E-state index contributed by atoms with van der Waals surface area (Å²) >= 11 is 0. The van der Waals surface area contributed by atoms with Crippen LogP contribution in [-0.4, -0.2) is 9.97 Å². The summed E-state index contributed by atoms with van der Waals surface area (Å²) in [6, 6.07) is 15.9. The lowest BCUT2D eigenvalue weighted by Crippen LogP contribution is -2.11. The van der Waals surface area contributed by atoms with Crippen LogP contribution in [0.5, 0.6) is 0 Å². The van der Waals surface area contributed by atoms with Gasteiger partial charge in [-0.15, -0.1) is 0 Å². The summed E-state index contributed by atoms with van der Waals surface area (Å²) in [6.45, 7) is 2.05. The molecule has 0 saturated carbocycles. The molecule has 98 valence electrons. The highest BCUT2D eigenvalue weighted by molar-refractivity contribution is 5.88. The monoisotopic (exact) mass is 262 g/mol. The van der Waals surface area contributed by atoms with Gasteiger partial charge in [-0.25, -0.2) is 4.79 Å². The summed E-state index contributed by atoms with van der Waals surface area (Å²) in [5.74, 6) is 0. The Morgan fingerprint density at radius 1 is 1.00 bits per heavy atom. The van der Waals surface area contributed by atoms with Crippen LogP contribution < -0.4 is 5.69 Å². The van der Waals surface area contributed by atoms with E-state index in [2.05, 4.69) is 29.0 Å². The topological polar surface area (TPSA) is 45.8 Å². The Morgan fingerprint density at radius 3 is 2.55 bits per heavy atom. The number of nitrogens with one attached hydrogen (secondary N) is 1. The molecule has 3 aromatic rings. The van der Waals surface area contributed by atoms with E-state index < -0.39 is 0 Å². The lowest BCUT2D eigenvalue weighted by molar-refractivity contribution is 1.11. The Labute approximate surface area is 116 Å². The Bertz CT molecular complexity index is 829. The summed E-state index contributed by atoms with van der Waals surface area (Å²) < 4.78 is 0. The first-order valence-corrected chi connectivity index (χ1v) is 6.46. The van der Waals surface area contributed by atoms with Gasteiger partial charge in [0.05, 0.1) is 11.2 Å². The second kappa shape index (κ2) is 5.13. The SMILES string of the molecule is Cc1ccc(/C=C/c2nc(=O)[nH]c3ccccc23)cc1. The Hall–Kier alpha value is -2.68. The van der Waals surface area contributed by atoms with E-state index in [0.717, 1.165) is 16.5 Å². The number of fused-ring (bicyclic) bond motifs is 1. The molecule has 0 amide bonds. The van der Waals surface area contributed by atoms with Crippen LogP contribution in [0, 0.1) is 6.92 Å². The fraction of sp³-hybridized carbons (Fsp3) is 0.0588. The van der Waals surface area contributed by atoms with Crippen molar-refractivity contribution in [3.8, 4) is 0 Å². The van der Waals surface area contributed by atoms with E-state index in [4.69, 9.17) is 0 Å². The van der Waals surface area contributed by atoms with Crippen molar-refractivity contribution in [3.05, 3.63) is 75.8 Å². The Balaban J connectivity index is 2.06. The molecule has 0 atom stereocenters. The molecule has 0 spiro atoms. The van der Waals surface area contributed by atoms with Crippen molar-refractivity contribution >= 4 is 23.1 Å². The van der Waals surface area contributed by atoms with Crippen molar-refractivity contribution < 1.29 is 0 Å². The van der Waals surface area contributed by atoms with Crippen molar-refractivity contribution in [2.75, 3.05) is 0 Å². The summed E-state index contributed by atoms with van der Waals surface area (Å²) in [6.07, 6.45) is 3.84. The molecule has 1 N–H and O–H groups in total. The molecule has 0 aliphatic carbocycles. The minimum atomic E-state index is -0.327. The van der Waals surface area contributed by atoms with Crippen LogP contribution in [-0.2, 0) is 0 Å². The maximum Gasteiger partial charge on any atom is 0.345 e. The van der Waals surface area contributed by atoms with Crippen LogP contribution >= 0.6 is 0 Å². The average molecular weight is 262 g/mol. The van der Waals surface area contributed by atoms with Gasteiger partial charge in [0.2, 0.25) is 0 Å². The molecule has 0 fully saturated rings. The van der Waals surface area contributed by atoms with Gasteiger partial charge in [-0.05, 0) is 24.6 Å². The predicted octanol–water partition coefficient (Wildman–Crippen LogP) is 3.40. The molecule has 3 rings (SSSR count). The lowest BCUT2D eigenvalue weighted by atomic mass is 10.1. The molecule has 0 radical (unpaired) electrons. The molecule has 0 aliphatic heterocycles. The van der Waals surface area contributed by atoms with Gasteiger partial charge in [-0.2, -0.15) is 4.98 Å². The Morgan fingerprint density at radius 2 is 1.75 bits per heavy atom. The van der Waals surface area contributed by atoms with Crippen molar-refractivity contribution in [1.82, 2.24) is 9.97 Å². The number of para-hydroxylation sites is 1. The predicted molar refractivity (Wildman–Crippen MR) is 82.5 cm³/mol. The van der Waals surface area contributed by atoms with Gasteiger partial charge in [-0.1, -0.05) is 54.1 Å². The minimum absolute atomic E-state index is 0.327. The van der Waals surface area contributed by atoms with E-state index in [1.807, 2.05) is 48.6 Å². The number of hydrogen-bond acceptors (Lipinski definition) is 2. The maximum absolute atomic E-state index is 11.6. The second-order valence-electron chi connectivity index (χ2n) is 4.72. The van der Waals surface area contributed by atoms with Gasteiger partial charge in [0.1, 0.15) is 0 Å². The number of H-pyrrole nitrogens is 1. The van der Waals surface area contributed by atoms with Crippen LogP contribution in [0.25, 0.3) is 23.1 Å². The third-order valence-electron chi connectivity index (χ3n) is 3.18. The van der Waals surface area contributed by atoms with Crippen molar-refractivity contribution in [2.24, 2.45) is 0 Å². The number of hydrogen-bond donors (Lipinski definition) is 1. The van der Waals surface area contributed by atoms with E-state index in [9.17, 15) is 4.79 Å². The summed E-state index contributed by atoms with van der Waals surface area (Å²) in [4.78, 5) is 18.3. The largest absolute Gasteiger partial charge is 0.345 e. The van der Waals surface area contributed by atoms with Gasteiger partial charge in [0, 0.05) is 5.39 Å². The summed E-state index contributed by atoms with van der Waals surface area (Å²) in [5.41, 5.74) is 3.47. The number of aryl methyl sites for hydroxylation is 1. The molecule has 1 heterocycles. The number of rotatable bonds is 2. The maximum atomic E-state index is 11.6. The third-order valence-corrected chi connectivity index (χ3v) is 3.18. The molecule has 3 heteroatoms. The zero-order chi connectivity index (χ0) is 13.9.